The molecule has 3 aliphatic rings. The fourth-order valence-corrected chi connectivity index (χ4v) is 5.65. The molecule has 0 bridgehead atoms. The molecular formula is C21H35FN2O2S. The van der Waals surface area contributed by atoms with Crippen molar-refractivity contribution in [2.24, 2.45) is 5.92 Å². The molecule has 2 atom stereocenters. The Kier molecular flexibility index (Phi) is 6.44. The Hall–Kier alpha value is -0.780. The molecule has 0 aromatic rings. The van der Waals surface area contributed by atoms with E-state index in [9.17, 15) is 14.0 Å². The highest BCUT2D eigenvalue weighted by Gasteiger charge is 2.53. The Bertz CT molecular complexity index is 558. The fraction of sp³-hybridized carbons (Fsp3) is 0.905. The van der Waals surface area contributed by atoms with Crippen LogP contribution in [0.3, 0.4) is 0 Å². The molecule has 0 spiro atoms. The largest absolute Gasteiger partial charge is 0.340 e. The normalized spacial score (nSPS) is 26.7. The molecule has 2 aliphatic carbocycles. The molecule has 0 aromatic carbocycles. The molecule has 1 heterocycles. The van der Waals surface area contributed by atoms with E-state index in [1.54, 1.807) is 11.8 Å². The third kappa shape index (κ3) is 4.99. The number of carbonyl (C=O) groups is 2. The fourth-order valence-electron chi connectivity index (χ4n) is 4.33. The van der Waals surface area contributed by atoms with Gasteiger partial charge < -0.3 is 10.2 Å². The first kappa shape index (κ1) is 20.9. The predicted molar refractivity (Wildman–Crippen MR) is 109 cm³/mol. The molecule has 1 N–H and O–H groups in total. The van der Waals surface area contributed by atoms with Gasteiger partial charge in [0.05, 0.1) is 0 Å². The minimum atomic E-state index is -1.75. The van der Waals surface area contributed by atoms with Crippen LogP contribution in [0.4, 0.5) is 4.39 Å². The molecule has 2 amide bonds. The van der Waals surface area contributed by atoms with Crippen LogP contribution >= 0.6 is 11.8 Å². The molecule has 2 saturated carbocycles. The number of nitrogens with one attached hydrogen (secondary N) is 1. The van der Waals surface area contributed by atoms with Crippen LogP contribution in [-0.4, -0.2) is 51.5 Å². The highest BCUT2D eigenvalue weighted by atomic mass is 32.2. The van der Waals surface area contributed by atoms with Crippen LogP contribution < -0.4 is 5.32 Å². The smallest absolute Gasteiger partial charge is 0.258 e. The number of amides is 2. The lowest BCUT2D eigenvalue weighted by Crippen LogP contribution is -2.59. The molecule has 4 nitrogen and oxygen atoms in total. The van der Waals surface area contributed by atoms with Crippen molar-refractivity contribution >= 4 is 23.6 Å². The molecule has 1 aliphatic heterocycles. The third-order valence-electron chi connectivity index (χ3n) is 6.57. The van der Waals surface area contributed by atoms with E-state index in [-0.39, 0.29) is 24.8 Å². The average Bonchev–Trinajstić information content (AvgIpc) is 3.26. The summed E-state index contributed by atoms with van der Waals surface area (Å²) < 4.78 is 13.8. The minimum absolute atomic E-state index is 0.0428. The van der Waals surface area contributed by atoms with Gasteiger partial charge in [0.2, 0.25) is 5.91 Å². The zero-order chi connectivity index (χ0) is 19.7. The molecule has 6 heteroatoms. The van der Waals surface area contributed by atoms with Crippen molar-refractivity contribution in [3.05, 3.63) is 0 Å². The van der Waals surface area contributed by atoms with Crippen LogP contribution in [0.25, 0.3) is 0 Å². The van der Waals surface area contributed by atoms with E-state index in [2.05, 4.69) is 12.2 Å². The minimum Gasteiger partial charge on any atom is -0.340 e. The van der Waals surface area contributed by atoms with E-state index in [1.165, 1.54) is 32.1 Å². The summed E-state index contributed by atoms with van der Waals surface area (Å²) in [5.74, 6) is 1.05. The van der Waals surface area contributed by atoms with Crippen molar-refractivity contribution < 1.29 is 14.0 Å². The number of hydrogen-bond acceptors (Lipinski definition) is 3. The summed E-state index contributed by atoms with van der Waals surface area (Å²) >= 11 is 1.77. The number of carbonyl (C=O) groups excluding carboxylic acids is 2. The molecule has 0 aromatic heterocycles. The van der Waals surface area contributed by atoms with Crippen molar-refractivity contribution in [1.82, 2.24) is 10.2 Å². The lowest BCUT2D eigenvalue weighted by atomic mass is 9.91. The van der Waals surface area contributed by atoms with Crippen LogP contribution in [0.1, 0.15) is 78.6 Å². The number of alkyl halides is 1. The second-order valence-electron chi connectivity index (χ2n) is 9.31. The zero-order valence-electron chi connectivity index (χ0n) is 17.1. The van der Waals surface area contributed by atoms with Crippen molar-refractivity contribution in [2.45, 2.75) is 101 Å². The van der Waals surface area contributed by atoms with Gasteiger partial charge in [-0.2, -0.15) is 11.8 Å². The van der Waals surface area contributed by atoms with Crippen LogP contribution in [-0.2, 0) is 9.59 Å². The average molecular weight is 399 g/mol. The number of nitrogens with zero attached hydrogens (tertiary/aromatic N) is 1. The molecule has 1 saturated heterocycles. The van der Waals surface area contributed by atoms with Crippen LogP contribution in [0.2, 0.25) is 0 Å². The Balaban J connectivity index is 1.70. The third-order valence-corrected chi connectivity index (χ3v) is 8.18. The second kappa shape index (κ2) is 8.30. The number of thioether (sulfide) groups is 1. The van der Waals surface area contributed by atoms with E-state index in [0.717, 1.165) is 25.1 Å². The maximum Gasteiger partial charge on any atom is 0.258 e. The Labute approximate surface area is 167 Å². The molecule has 154 valence electrons. The summed E-state index contributed by atoms with van der Waals surface area (Å²) in [6.07, 6.45) is 8.96. The number of likely N-dealkylation sites (tertiary alicyclic amines) is 1. The summed E-state index contributed by atoms with van der Waals surface area (Å²) in [5.41, 5.74) is -1.75. The number of halogens is 1. The first-order valence-electron chi connectivity index (χ1n) is 10.7. The van der Waals surface area contributed by atoms with E-state index in [1.807, 2.05) is 18.7 Å². The highest BCUT2D eigenvalue weighted by Crippen LogP contribution is 2.41. The molecule has 2 unspecified atom stereocenters. The van der Waals surface area contributed by atoms with Gasteiger partial charge in [0.25, 0.3) is 5.91 Å². The van der Waals surface area contributed by atoms with Gasteiger partial charge in [-0.25, -0.2) is 4.39 Å². The maximum atomic E-state index is 14.3. The van der Waals surface area contributed by atoms with Gasteiger partial charge in [-0.15, -0.1) is 0 Å². The lowest BCUT2D eigenvalue weighted by molar-refractivity contribution is -0.139. The molecule has 0 radical (unpaired) electrons. The van der Waals surface area contributed by atoms with Gasteiger partial charge in [-0.3, -0.25) is 9.59 Å². The van der Waals surface area contributed by atoms with E-state index in [4.69, 9.17) is 0 Å². The monoisotopic (exact) mass is 398 g/mol. The first-order valence-corrected chi connectivity index (χ1v) is 11.7. The van der Waals surface area contributed by atoms with Crippen molar-refractivity contribution in [3.8, 4) is 0 Å². The standard InChI is InChI=1S/C21H35FN2O2S/c1-15-8-7-13-24(15)18(25)17(23-19(26)21(22)11-12-21)20(2,3)27-14-16-9-5-4-6-10-16/h15-17H,4-14H2,1-3H3,(H,23,26). The number of rotatable bonds is 7. The van der Waals surface area contributed by atoms with E-state index >= 15 is 0 Å². The van der Waals surface area contributed by atoms with E-state index < -0.39 is 22.4 Å². The number of hydrogen-bond donors (Lipinski definition) is 1. The summed E-state index contributed by atoms with van der Waals surface area (Å²) in [7, 11) is 0. The van der Waals surface area contributed by atoms with Gasteiger partial charge in [0, 0.05) is 17.3 Å². The van der Waals surface area contributed by atoms with Crippen LogP contribution in [0.15, 0.2) is 0 Å². The van der Waals surface area contributed by atoms with Crippen molar-refractivity contribution in [1.29, 1.82) is 0 Å². The quantitative estimate of drug-likeness (QED) is 0.703. The summed E-state index contributed by atoms with van der Waals surface area (Å²) in [6, 6.07) is -0.483. The molecule has 3 rings (SSSR count). The topological polar surface area (TPSA) is 49.4 Å². The zero-order valence-corrected chi connectivity index (χ0v) is 17.9. The summed E-state index contributed by atoms with van der Waals surface area (Å²) in [6.45, 7) is 6.85. The Morgan fingerprint density at radius 3 is 2.41 bits per heavy atom. The highest BCUT2D eigenvalue weighted by molar-refractivity contribution is 8.00. The summed E-state index contributed by atoms with van der Waals surface area (Å²) in [4.78, 5) is 27.6. The second-order valence-corrected chi connectivity index (χ2v) is 11.0. The van der Waals surface area contributed by atoms with Crippen molar-refractivity contribution in [3.63, 3.8) is 0 Å². The summed E-state index contributed by atoms with van der Waals surface area (Å²) in [5, 5.41) is 2.82. The van der Waals surface area contributed by atoms with Crippen LogP contribution in [0, 0.1) is 5.92 Å². The molecule has 3 fully saturated rings. The lowest BCUT2D eigenvalue weighted by Gasteiger charge is -2.38. The Morgan fingerprint density at radius 2 is 1.85 bits per heavy atom. The van der Waals surface area contributed by atoms with Crippen molar-refractivity contribution in [2.75, 3.05) is 12.3 Å². The Morgan fingerprint density at radius 1 is 1.19 bits per heavy atom. The van der Waals surface area contributed by atoms with Gasteiger partial charge in [-0.05, 0) is 71.0 Å². The van der Waals surface area contributed by atoms with Gasteiger partial charge in [0.15, 0.2) is 5.67 Å². The maximum absolute atomic E-state index is 14.3. The van der Waals surface area contributed by atoms with Crippen LogP contribution in [0.5, 0.6) is 0 Å². The van der Waals surface area contributed by atoms with Gasteiger partial charge in [0.1, 0.15) is 6.04 Å². The van der Waals surface area contributed by atoms with E-state index in [0.29, 0.717) is 5.92 Å². The first-order chi connectivity index (χ1) is 12.7. The SMILES string of the molecule is CC1CCCN1C(=O)C(NC(=O)C1(F)CC1)C(C)(C)SCC1CCCCC1. The van der Waals surface area contributed by atoms with Gasteiger partial charge >= 0.3 is 0 Å². The predicted octanol–water partition coefficient (Wildman–Crippen LogP) is 4.08. The molecule has 27 heavy (non-hydrogen) atoms. The van der Waals surface area contributed by atoms with Gasteiger partial charge in [-0.1, -0.05) is 19.3 Å². The molecular weight excluding hydrogens is 363 g/mol.